The Kier molecular flexibility index (Phi) is 4.07. The molecular weight excluding hydrogens is 283 g/mol. The molecule has 0 aliphatic heterocycles. The van der Waals surface area contributed by atoms with E-state index in [0.29, 0.717) is 15.8 Å². The van der Waals surface area contributed by atoms with Crippen molar-refractivity contribution in [3.63, 3.8) is 0 Å². The molecule has 3 nitrogen and oxygen atoms in total. The molecule has 0 fully saturated rings. The molecule has 0 spiro atoms. The molecule has 0 unspecified atom stereocenters. The van der Waals surface area contributed by atoms with E-state index in [4.69, 9.17) is 27.9 Å². The van der Waals surface area contributed by atoms with Crippen LogP contribution in [-0.2, 0) is 0 Å². The van der Waals surface area contributed by atoms with E-state index in [2.05, 4.69) is 5.10 Å². The Morgan fingerprint density at radius 2 is 1.79 bits per heavy atom. The van der Waals surface area contributed by atoms with Crippen molar-refractivity contribution in [2.45, 2.75) is 33.8 Å². The van der Waals surface area contributed by atoms with E-state index in [1.165, 1.54) is 0 Å². The van der Waals surface area contributed by atoms with Crippen molar-refractivity contribution in [1.82, 2.24) is 9.78 Å². The number of rotatable bonds is 3. The van der Waals surface area contributed by atoms with Gasteiger partial charge in [0.05, 0.1) is 27.5 Å². The highest BCUT2D eigenvalue weighted by Gasteiger charge is 2.13. The van der Waals surface area contributed by atoms with E-state index in [-0.39, 0.29) is 6.10 Å². The Balaban J connectivity index is 2.49. The third-order valence-electron chi connectivity index (χ3n) is 2.60. The average Bonchev–Trinajstić information content (AvgIpc) is 2.62. The van der Waals surface area contributed by atoms with Crippen LogP contribution < -0.4 is 4.74 Å². The number of halogens is 2. The molecule has 0 atom stereocenters. The highest BCUT2D eigenvalue weighted by Crippen LogP contribution is 2.34. The molecule has 19 heavy (non-hydrogen) atoms. The fraction of sp³-hybridized carbons (Fsp3) is 0.357. The van der Waals surface area contributed by atoms with Gasteiger partial charge in [-0.25, -0.2) is 4.68 Å². The average molecular weight is 299 g/mol. The molecule has 102 valence electrons. The predicted molar refractivity (Wildman–Crippen MR) is 78.8 cm³/mol. The van der Waals surface area contributed by atoms with Gasteiger partial charge in [0.15, 0.2) is 0 Å². The molecule has 0 saturated heterocycles. The molecule has 2 rings (SSSR count). The number of nitrogens with zero attached hydrogens (tertiary/aromatic N) is 2. The first-order valence-corrected chi connectivity index (χ1v) is 6.83. The normalized spacial score (nSPS) is 11.1. The summed E-state index contributed by atoms with van der Waals surface area (Å²) < 4.78 is 7.39. The molecule has 1 aromatic carbocycles. The van der Waals surface area contributed by atoms with Gasteiger partial charge in [-0.05, 0) is 39.8 Å². The lowest BCUT2D eigenvalue weighted by Crippen LogP contribution is -2.07. The summed E-state index contributed by atoms with van der Waals surface area (Å²) in [5.74, 6) is 0.590. The Bertz CT molecular complexity index is 606. The van der Waals surface area contributed by atoms with Gasteiger partial charge in [-0.1, -0.05) is 23.2 Å². The van der Waals surface area contributed by atoms with Crippen LogP contribution in [0, 0.1) is 13.8 Å². The molecule has 5 heteroatoms. The molecule has 0 amide bonds. The summed E-state index contributed by atoms with van der Waals surface area (Å²) in [4.78, 5) is 0. The zero-order valence-electron chi connectivity index (χ0n) is 11.4. The summed E-state index contributed by atoms with van der Waals surface area (Å²) >= 11 is 12.5. The second-order valence-corrected chi connectivity index (χ2v) is 5.55. The molecule has 0 radical (unpaired) electrons. The second-order valence-electron chi connectivity index (χ2n) is 4.74. The predicted octanol–water partition coefficient (Wildman–Crippen LogP) is 4.58. The number of aromatic nitrogens is 2. The Hall–Kier alpha value is -1.19. The summed E-state index contributed by atoms with van der Waals surface area (Å²) in [5, 5.41) is 5.50. The van der Waals surface area contributed by atoms with Gasteiger partial charge < -0.3 is 4.74 Å². The van der Waals surface area contributed by atoms with Crippen LogP contribution in [0.2, 0.25) is 10.0 Å². The van der Waals surface area contributed by atoms with Gasteiger partial charge in [-0.15, -0.1) is 0 Å². The van der Waals surface area contributed by atoms with Crippen LogP contribution in [0.1, 0.15) is 25.2 Å². The van der Waals surface area contributed by atoms with Crippen molar-refractivity contribution in [3.8, 4) is 11.4 Å². The third-order valence-corrected chi connectivity index (χ3v) is 3.20. The quantitative estimate of drug-likeness (QED) is 0.829. The summed E-state index contributed by atoms with van der Waals surface area (Å²) in [6.45, 7) is 7.80. The molecule has 2 aromatic rings. The molecular formula is C14H16Cl2N2O. The van der Waals surface area contributed by atoms with Gasteiger partial charge in [-0.3, -0.25) is 0 Å². The highest BCUT2D eigenvalue weighted by atomic mass is 35.5. The lowest BCUT2D eigenvalue weighted by molar-refractivity contribution is 0.242. The van der Waals surface area contributed by atoms with E-state index in [1.54, 1.807) is 16.8 Å². The summed E-state index contributed by atoms with van der Waals surface area (Å²) in [6.07, 6.45) is 0.0492. The summed E-state index contributed by atoms with van der Waals surface area (Å²) in [6, 6.07) is 5.50. The van der Waals surface area contributed by atoms with E-state index < -0.39 is 0 Å². The highest BCUT2D eigenvalue weighted by molar-refractivity contribution is 6.35. The Morgan fingerprint density at radius 3 is 2.32 bits per heavy atom. The number of hydrogen-bond donors (Lipinski definition) is 0. The van der Waals surface area contributed by atoms with Crippen LogP contribution in [0.25, 0.3) is 5.69 Å². The van der Waals surface area contributed by atoms with Gasteiger partial charge >= 0.3 is 0 Å². The van der Waals surface area contributed by atoms with Gasteiger partial charge in [0.1, 0.15) is 5.75 Å². The zero-order chi connectivity index (χ0) is 14.2. The lowest BCUT2D eigenvalue weighted by Gasteiger charge is -2.14. The van der Waals surface area contributed by atoms with E-state index in [1.807, 2.05) is 33.8 Å². The van der Waals surface area contributed by atoms with E-state index in [0.717, 1.165) is 17.1 Å². The minimum absolute atomic E-state index is 0.0492. The van der Waals surface area contributed by atoms with Gasteiger partial charge in [0, 0.05) is 11.8 Å². The van der Waals surface area contributed by atoms with Crippen molar-refractivity contribution in [2.24, 2.45) is 0 Å². The maximum Gasteiger partial charge on any atom is 0.139 e. The van der Waals surface area contributed by atoms with Crippen LogP contribution in [-0.4, -0.2) is 15.9 Å². The molecule has 0 saturated carbocycles. The maximum atomic E-state index is 6.30. The minimum atomic E-state index is 0.0492. The van der Waals surface area contributed by atoms with Crippen LogP contribution in [0.4, 0.5) is 0 Å². The fourth-order valence-electron chi connectivity index (χ4n) is 1.90. The standard InChI is InChI=1S/C14H16Cl2N2O/c1-8(2)19-14-7-11(15)13(6-12(14)16)18-10(4)5-9(3)17-18/h5-8H,1-4H3. The second kappa shape index (κ2) is 5.43. The van der Waals surface area contributed by atoms with Crippen LogP contribution in [0.15, 0.2) is 18.2 Å². The zero-order valence-corrected chi connectivity index (χ0v) is 12.9. The molecule has 1 aromatic heterocycles. The number of aryl methyl sites for hydroxylation is 2. The van der Waals surface area contributed by atoms with E-state index in [9.17, 15) is 0 Å². The lowest BCUT2D eigenvalue weighted by atomic mass is 10.3. The molecule has 0 N–H and O–H groups in total. The fourth-order valence-corrected chi connectivity index (χ4v) is 2.33. The largest absolute Gasteiger partial charge is 0.489 e. The van der Waals surface area contributed by atoms with Crippen LogP contribution in [0.3, 0.4) is 0 Å². The topological polar surface area (TPSA) is 27.1 Å². The smallest absolute Gasteiger partial charge is 0.139 e. The van der Waals surface area contributed by atoms with Crippen molar-refractivity contribution >= 4 is 23.2 Å². The minimum Gasteiger partial charge on any atom is -0.489 e. The van der Waals surface area contributed by atoms with E-state index >= 15 is 0 Å². The van der Waals surface area contributed by atoms with Crippen LogP contribution >= 0.6 is 23.2 Å². The number of hydrogen-bond acceptors (Lipinski definition) is 2. The van der Waals surface area contributed by atoms with Gasteiger partial charge in [0.2, 0.25) is 0 Å². The Labute approximate surface area is 123 Å². The van der Waals surface area contributed by atoms with Crippen molar-refractivity contribution < 1.29 is 4.74 Å². The Morgan fingerprint density at radius 1 is 1.11 bits per heavy atom. The van der Waals surface area contributed by atoms with Crippen molar-refractivity contribution in [1.29, 1.82) is 0 Å². The first-order chi connectivity index (χ1) is 8.88. The number of benzene rings is 1. The number of ether oxygens (including phenoxy) is 1. The van der Waals surface area contributed by atoms with Gasteiger partial charge in [-0.2, -0.15) is 5.10 Å². The first kappa shape index (κ1) is 14.2. The molecule has 0 bridgehead atoms. The van der Waals surface area contributed by atoms with Crippen LogP contribution in [0.5, 0.6) is 5.75 Å². The van der Waals surface area contributed by atoms with Crippen molar-refractivity contribution in [3.05, 3.63) is 39.6 Å². The summed E-state index contributed by atoms with van der Waals surface area (Å²) in [5.41, 5.74) is 2.70. The molecule has 1 heterocycles. The van der Waals surface area contributed by atoms with Gasteiger partial charge in [0.25, 0.3) is 0 Å². The third kappa shape index (κ3) is 3.04. The first-order valence-electron chi connectivity index (χ1n) is 6.08. The maximum absolute atomic E-state index is 6.30. The monoisotopic (exact) mass is 298 g/mol. The van der Waals surface area contributed by atoms with Crippen molar-refractivity contribution in [2.75, 3.05) is 0 Å². The molecule has 0 aliphatic carbocycles. The molecule has 0 aliphatic rings. The summed E-state index contributed by atoms with van der Waals surface area (Å²) in [7, 11) is 0. The SMILES string of the molecule is Cc1cc(C)n(-c2cc(Cl)c(OC(C)C)cc2Cl)n1.